The zero-order chi connectivity index (χ0) is 14.7. The Bertz CT molecular complexity index is 612. The summed E-state index contributed by atoms with van der Waals surface area (Å²) in [6.07, 6.45) is 3.99. The Labute approximate surface area is 123 Å². The van der Waals surface area contributed by atoms with Gasteiger partial charge in [0, 0.05) is 10.6 Å². The highest BCUT2D eigenvalue weighted by Crippen LogP contribution is 2.22. The fourth-order valence-electron chi connectivity index (χ4n) is 1.95. The predicted molar refractivity (Wildman–Crippen MR) is 84.5 cm³/mol. The van der Waals surface area contributed by atoms with Gasteiger partial charge in [0.1, 0.15) is 5.82 Å². The predicted octanol–water partition coefficient (Wildman–Crippen LogP) is 3.42. The second-order valence-corrected chi connectivity index (χ2v) is 5.10. The first-order valence-corrected chi connectivity index (χ1v) is 6.68. The third-order valence-electron chi connectivity index (χ3n) is 3.13. The van der Waals surface area contributed by atoms with Crippen LogP contribution in [0.1, 0.15) is 29.7 Å². The lowest BCUT2D eigenvalue weighted by molar-refractivity contribution is 0.972. The van der Waals surface area contributed by atoms with E-state index in [9.17, 15) is 0 Å². The number of aromatic nitrogens is 2. The number of anilines is 2. The Morgan fingerprint density at radius 2 is 1.80 bits per heavy atom. The number of benzene rings is 1. The molecule has 20 heavy (non-hydrogen) atoms. The molecule has 0 aliphatic carbocycles. The molecule has 0 aliphatic rings. The second kappa shape index (κ2) is 5.92. The monoisotopic (exact) mass is 288 g/mol. The molecule has 1 unspecified atom stereocenters. The number of nitrogen functional groups attached to an aromatic ring is 2. The van der Waals surface area contributed by atoms with E-state index in [0.29, 0.717) is 5.82 Å². The van der Waals surface area contributed by atoms with Crippen LogP contribution in [0.4, 0.5) is 11.8 Å². The summed E-state index contributed by atoms with van der Waals surface area (Å²) in [5.41, 5.74) is 14.2. The van der Waals surface area contributed by atoms with Crippen LogP contribution in [0.2, 0.25) is 5.02 Å². The molecule has 1 atom stereocenters. The highest BCUT2D eigenvalue weighted by atomic mass is 35.5. The van der Waals surface area contributed by atoms with Gasteiger partial charge in [-0.05, 0) is 30.5 Å². The van der Waals surface area contributed by atoms with Crippen molar-refractivity contribution in [1.29, 1.82) is 0 Å². The van der Waals surface area contributed by atoms with Crippen LogP contribution in [-0.2, 0) is 0 Å². The number of aryl methyl sites for hydroxylation is 1. The van der Waals surface area contributed by atoms with Gasteiger partial charge in [-0.15, -0.1) is 0 Å². The zero-order valence-electron chi connectivity index (χ0n) is 11.5. The zero-order valence-corrected chi connectivity index (χ0v) is 12.2. The van der Waals surface area contributed by atoms with Crippen molar-refractivity contribution in [2.24, 2.45) is 0 Å². The average Bonchev–Trinajstić information content (AvgIpc) is 2.38. The number of hydrogen-bond acceptors (Lipinski definition) is 4. The molecule has 0 amide bonds. The standard InChI is InChI=1S/C15H17ClN4/c1-9(11-4-6-12(16)7-5-11)3-8-13-10(2)19-15(18)20-14(13)17/h3-9H,1-2H3,(H4,17,18,19,20)/b8-3+. The van der Waals surface area contributed by atoms with E-state index in [1.54, 1.807) is 0 Å². The van der Waals surface area contributed by atoms with Gasteiger partial charge in [0.15, 0.2) is 0 Å². The molecule has 2 rings (SSSR count). The van der Waals surface area contributed by atoms with Crippen LogP contribution in [0.15, 0.2) is 30.3 Å². The first-order valence-electron chi connectivity index (χ1n) is 6.30. The van der Waals surface area contributed by atoms with E-state index in [1.165, 1.54) is 5.56 Å². The molecule has 0 saturated carbocycles. The van der Waals surface area contributed by atoms with Gasteiger partial charge in [-0.1, -0.05) is 42.8 Å². The van der Waals surface area contributed by atoms with Crippen molar-refractivity contribution < 1.29 is 0 Å². The summed E-state index contributed by atoms with van der Waals surface area (Å²) >= 11 is 5.88. The smallest absolute Gasteiger partial charge is 0.222 e. The first-order chi connectivity index (χ1) is 9.47. The molecule has 0 fully saturated rings. The molecule has 0 radical (unpaired) electrons. The van der Waals surface area contributed by atoms with Crippen LogP contribution < -0.4 is 11.5 Å². The van der Waals surface area contributed by atoms with Crippen LogP contribution in [0.5, 0.6) is 0 Å². The maximum atomic E-state index is 5.88. The summed E-state index contributed by atoms with van der Waals surface area (Å²) in [7, 11) is 0. The number of nitrogens with zero attached hydrogens (tertiary/aromatic N) is 2. The molecular weight excluding hydrogens is 272 g/mol. The molecule has 0 saturated heterocycles. The minimum atomic E-state index is 0.197. The van der Waals surface area contributed by atoms with E-state index in [0.717, 1.165) is 16.3 Å². The lowest BCUT2D eigenvalue weighted by Gasteiger charge is -2.08. The van der Waals surface area contributed by atoms with Crippen molar-refractivity contribution in [3.8, 4) is 0 Å². The van der Waals surface area contributed by atoms with Crippen LogP contribution >= 0.6 is 11.6 Å². The van der Waals surface area contributed by atoms with Crippen molar-refractivity contribution in [3.05, 3.63) is 52.2 Å². The molecule has 4 nitrogen and oxygen atoms in total. The molecule has 4 N–H and O–H groups in total. The maximum absolute atomic E-state index is 5.88. The second-order valence-electron chi connectivity index (χ2n) is 4.67. The van der Waals surface area contributed by atoms with Crippen molar-refractivity contribution >= 4 is 29.4 Å². The van der Waals surface area contributed by atoms with Crippen LogP contribution in [0.3, 0.4) is 0 Å². The Hall–Kier alpha value is -2.07. The van der Waals surface area contributed by atoms with Gasteiger partial charge in [-0.25, -0.2) is 4.98 Å². The summed E-state index contributed by atoms with van der Waals surface area (Å²) in [6, 6.07) is 7.78. The van der Waals surface area contributed by atoms with Crippen molar-refractivity contribution in [2.75, 3.05) is 11.5 Å². The fraction of sp³-hybridized carbons (Fsp3) is 0.200. The fourth-order valence-corrected chi connectivity index (χ4v) is 2.08. The molecule has 0 bridgehead atoms. The number of rotatable bonds is 3. The summed E-state index contributed by atoms with van der Waals surface area (Å²) < 4.78 is 0. The van der Waals surface area contributed by atoms with E-state index in [4.69, 9.17) is 23.1 Å². The highest BCUT2D eigenvalue weighted by molar-refractivity contribution is 6.30. The van der Waals surface area contributed by atoms with Crippen LogP contribution in [0, 0.1) is 6.92 Å². The van der Waals surface area contributed by atoms with Gasteiger partial charge < -0.3 is 11.5 Å². The normalized spacial score (nSPS) is 12.8. The van der Waals surface area contributed by atoms with E-state index in [-0.39, 0.29) is 11.9 Å². The van der Waals surface area contributed by atoms with Crippen molar-refractivity contribution in [3.63, 3.8) is 0 Å². The van der Waals surface area contributed by atoms with Gasteiger partial charge >= 0.3 is 0 Å². The first kappa shape index (κ1) is 14.3. The lowest BCUT2D eigenvalue weighted by atomic mass is 10.00. The van der Waals surface area contributed by atoms with Crippen molar-refractivity contribution in [2.45, 2.75) is 19.8 Å². The molecule has 2 aromatic rings. The van der Waals surface area contributed by atoms with Crippen molar-refractivity contribution in [1.82, 2.24) is 9.97 Å². The summed E-state index contributed by atoms with van der Waals surface area (Å²) in [5.74, 6) is 0.834. The SMILES string of the molecule is Cc1nc(N)nc(N)c1/C=C/C(C)c1ccc(Cl)cc1. The molecular formula is C15H17ClN4. The minimum Gasteiger partial charge on any atom is -0.383 e. The quantitative estimate of drug-likeness (QED) is 0.907. The molecule has 0 spiro atoms. The Balaban J connectivity index is 2.23. The largest absolute Gasteiger partial charge is 0.383 e. The Morgan fingerprint density at radius 1 is 1.15 bits per heavy atom. The van der Waals surface area contributed by atoms with E-state index in [1.807, 2.05) is 37.3 Å². The van der Waals surface area contributed by atoms with Gasteiger partial charge in [-0.3, -0.25) is 0 Å². The Morgan fingerprint density at radius 3 is 2.40 bits per heavy atom. The summed E-state index contributed by atoms with van der Waals surface area (Å²) in [5, 5.41) is 0.733. The minimum absolute atomic E-state index is 0.197. The summed E-state index contributed by atoms with van der Waals surface area (Å²) in [4.78, 5) is 8.09. The van der Waals surface area contributed by atoms with Gasteiger partial charge in [0.25, 0.3) is 0 Å². The van der Waals surface area contributed by atoms with Crippen LogP contribution in [0.25, 0.3) is 6.08 Å². The van der Waals surface area contributed by atoms with Gasteiger partial charge in [0.2, 0.25) is 5.95 Å². The third kappa shape index (κ3) is 3.27. The molecule has 1 aromatic carbocycles. The van der Waals surface area contributed by atoms with Gasteiger partial charge in [-0.2, -0.15) is 4.98 Å². The van der Waals surface area contributed by atoms with Crippen LogP contribution in [-0.4, -0.2) is 9.97 Å². The highest BCUT2D eigenvalue weighted by Gasteiger charge is 2.06. The molecule has 104 valence electrons. The lowest BCUT2D eigenvalue weighted by Crippen LogP contribution is -2.04. The number of nitrogens with two attached hydrogens (primary N) is 2. The molecule has 1 aromatic heterocycles. The Kier molecular flexibility index (Phi) is 4.25. The molecule has 1 heterocycles. The summed E-state index contributed by atoms with van der Waals surface area (Å²) in [6.45, 7) is 3.96. The van der Waals surface area contributed by atoms with Gasteiger partial charge in [0.05, 0.1) is 5.69 Å². The number of hydrogen-bond donors (Lipinski definition) is 2. The number of allylic oxidation sites excluding steroid dienone is 1. The molecule has 5 heteroatoms. The maximum Gasteiger partial charge on any atom is 0.222 e. The van der Waals surface area contributed by atoms with E-state index < -0.39 is 0 Å². The third-order valence-corrected chi connectivity index (χ3v) is 3.38. The topological polar surface area (TPSA) is 77.8 Å². The number of halogens is 1. The van der Waals surface area contributed by atoms with E-state index >= 15 is 0 Å². The average molecular weight is 289 g/mol. The molecule has 0 aliphatic heterocycles. The van der Waals surface area contributed by atoms with E-state index in [2.05, 4.69) is 23.0 Å².